The number of ketones is 1. The first-order chi connectivity index (χ1) is 6.43. The summed E-state index contributed by atoms with van der Waals surface area (Å²) in [7, 11) is 0. The average molecular weight is 213 g/mol. The molecule has 0 fully saturated rings. The predicted octanol–water partition coefficient (Wildman–Crippen LogP) is 3.37. The minimum Gasteiger partial charge on any atom is -0.506 e. The van der Waals surface area contributed by atoms with E-state index in [0.717, 1.165) is 5.56 Å². The van der Waals surface area contributed by atoms with Crippen LogP contribution in [0.15, 0.2) is 12.1 Å². The SMILES string of the molecule is CC(=O)c1cc(C(C)C)cc(Cl)c1O. The van der Waals surface area contributed by atoms with E-state index in [4.69, 9.17) is 11.6 Å². The average Bonchev–Trinajstić information content (AvgIpc) is 2.08. The van der Waals surface area contributed by atoms with Crippen molar-refractivity contribution in [3.63, 3.8) is 0 Å². The van der Waals surface area contributed by atoms with Gasteiger partial charge in [0.2, 0.25) is 0 Å². The lowest BCUT2D eigenvalue weighted by Crippen LogP contribution is -1.97. The maximum atomic E-state index is 11.2. The van der Waals surface area contributed by atoms with Gasteiger partial charge >= 0.3 is 0 Å². The number of halogens is 1. The van der Waals surface area contributed by atoms with Crippen molar-refractivity contribution in [1.29, 1.82) is 0 Å². The molecular formula is C11H13ClO2. The molecule has 3 heteroatoms. The van der Waals surface area contributed by atoms with Crippen LogP contribution in [-0.4, -0.2) is 10.9 Å². The lowest BCUT2D eigenvalue weighted by Gasteiger charge is -2.09. The molecule has 0 atom stereocenters. The van der Waals surface area contributed by atoms with Crippen molar-refractivity contribution in [2.45, 2.75) is 26.7 Å². The summed E-state index contributed by atoms with van der Waals surface area (Å²) in [6.45, 7) is 5.43. The molecule has 0 bridgehead atoms. The first-order valence-electron chi connectivity index (χ1n) is 4.46. The molecule has 0 aromatic heterocycles. The third kappa shape index (κ3) is 2.07. The summed E-state index contributed by atoms with van der Waals surface area (Å²) in [4.78, 5) is 11.2. The summed E-state index contributed by atoms with van der Waals surface area (Å²) in [5.74, 6) is -0.0123. The highest BCUT2D eigenvalue weighted by atomic mass is 35.5. The topological polar surface area (TPSA) is 37.3 Å². The van der Waals surface area contributed by atoms with E-state index in [1.165, 1.54) is 6.92 Å². The van der Waals surface area contributed by atoms with Crippen LogP contribution in [0.2, 0.25) is 5.02 Å². The molecule has 0 aliphatic rings. The van der Waals surface area contributed by atoms with Crippen LogP contribution < -0.4 is 0 Å². The molecule has 0 saturated carbocycles. The maximum absolute atomic E-state index is 11.2. The highest BCUT2D eigenvalue weighted by Gasteiger charge is 2.13. The number of Topliss-reactive ketones (excluding diaryl/α,β-unsaturated/α-hetero) is 1. The van der Waals surface area contributed by atoms with Gasteiger partial charge in [-0.25, -0.2) is 0 Å². The van der Waals surface area contributed by atoms with Gasteiger partial charge in [0, 0.05) is 0 Å². The molecule has 1 rings (SSSR count). The standard InChI is InChI=1S/C11H13ClO2/c1-6(2)8-4-9(7(3)13)11(14)10(12)5-8/h4-6,14H,1-3H3. The number of benzene rings is 1. The third-order valence-corrected chi connectivity index (χ3v) is 2.42. The van der Waals surface area contributed by atoms with E-state index in [2.05, 4.69) is 0 Å². The van der Waals surface area contributed by atoms with Crippen LogP contribution in [0, 0.1) is 0 Å². The molecule has 1 aromatic rings. The summed E-state index contributed by atoms with van der Waals surface area (Å²) >= 11 is 5.80. The fourth-order valence-corrected chi connectivity index (χ4v) is 1.45. The van der Waals surface area contributed by atoms with E-state index in [-0.39, 0.29) is 22.5 Å². The Morgan fingerprint density at radius 2 is 2.00 bits per heavy atom. The first kappa shape index (κ1) is 11.1. The predicted molar refractivity (Wildman–Crippen MR) is 57.2 cm³/mol. The number of aromatic hydroxyl groups is 1. The van der Waals surface area contributed by atoms with Crippen molar-refractivity contribution in [2.24, 2.45) is 0 Å². The number of carbonyl (C=O) groups is 1. The second-order valence-corrected chi connectivity index (χ2v) is 4.02. The maximum Gasteiger partial charge on any atom is 0.163 e. The molecule has 1 aromatic carbocycles. The van der Waals surface area contributed by atoms with Gasteiger partial charge in [-0.05, 0) is 30.5 Å². The Morgan fingerprint density at radius 1 is 1.43 bits per heavy atom. The fraction of sp³-hybridized carbons (Fsp3) is 0.364. The Balaban J connectivity index is 3.35. The molecule has 0 radical (unpaired) electrons. The van der Waals surface area contributed by atoms with E-state index < -0.39 is 0 Å². The van der Waals surface area contributed by atoms with Crippen LogP contribution in [0.5, 0.6) is 5.75 Å². The third-order valence-electron chi connectivity index (χ3n) is 2.13. The van der Waals surface area contributed by atoms with Gasteiger partial charge in [0.15, 0.2) is 5.78 Å². The van der Waals surface area contributed by atoms with E-state index in [1.807, 2.05) is 13.8 Å². The van der Waals surface area contributed by atoms with Crippen LogP contribution in [0.3, 0.4) is 0 Å². The van der Waals surface area contributed by atoms with Crippen molar-refractivity contribution < 1.29 is 9.90 Å². The van der Waals surface area contributed by atoms with Crippen molar-refractivity contribution in [2.75, 3.05) is 0 Å². The number of carbonyl (C=O) groups excluding carboxylic acids is 1. The molecule has 76 valence electrons. The van der Waals surface area contributed by atoms with Gasteiger partial charge in [-0.1, -0.05) is 25.4 Å². The van der Waals surface area contributed by atoms with E-state index >= 15 is 0 Å². The molecule has 0 aliphatic carbocycles. The monoisotopic (exact) mass is 212 g/mol. The highest BCUT2D eigenvalue weighted by molar-refractivity contribution is 6.32. The first-order valence-corrected chi connectivity index (χ1v) is 4.84. The van der Waals surface area contributed by atoms with Crippen LogP contribution in [-0.2, 0) is 0 Å². The Labute approximate surface area is 88.5 Å². The summed E-state index contributed by atoms with van der Waals surface area (Å²) < 4.78 is 0. The zero-order valence-electron chi connectivity index (χ0n) is 8.47. The Bertz CT molecular complexity index is 370. The minimum absolute atomic E-state index is 0.122. The van der Waals surface area contributed by atoms with Gasteiger partial charge in [0.05, 0.1) is 10.6 Å². The molecule has 0 aliphatic heterocycles. The van der Waals surface area contributed by atoms with Gasteiger partial charge in [-0.15, -0.1) is 0 Å². The normalized spacial score (nSPS) is 10.6. The van der Waals surface area contributed by atoms with Crippen molar-refractivity contribution >= 4 is 17.4 Å². The summed E-state index contributed by atoms with van der Waals surface area (Å²) in [6.07, 6.45) is 0. The van der Waals surface area contributed by atoms with Gasteiger partial charge in [-0.2, -0.15) is 0 Å². The van der Waals surface area contributed by atoms with Gasteiger partial charge in [0.25, 0.3) is 0 Å². The summed E-state index contributed by atoms with van der Waals surface area (Å²) in [5, 5.41) is 9.76. The lowest BCUT2D eigenvalue weighted by atomic mass is 9.99. The van der Waals surface area contributed by atoms with Crippen LogP contribution in [0.25, 0.3) is 0 Å². The zero-order valence-corrected chi connectivity index (χ0v) is 9.22. The Morgan fingerprint density at radius 3 is 2.43 bits per heavy atom. The number of rotatable bonds is 2. The summed E-state index contributed by atoms with van der Waals surface area (Å²) in [5.41, 5.74) is 1.25. The van der Waals surface area contributed by atoms with Crippen LogP contribution in [0.1, 0.15) is 42.6 Å². The molecular weight excluding hydrogens is 200 g/mol. The van der Waals surface area contributed by atoms with Crippen molar-refractivity contribution in [3.05, 3.63) is 28.3 Å². The number of hydrogen-bond acceptors (Lipinski definition) is 2. The number of phenolic OH excluding ortho intramolecular Hbond substituents is 1. The number of hydrogen-bond donors (Lipinski definition) is 1. The van der Waals surface area contributed by atoms with E-state index in [0.29, 0.717) is 5.56 Å². The van der Waals surface area contributed by atoms with E-state index in [1.54, 1.807) is 12.1 Å². The zero-order chi connectivity index (χ0) is 10.9. The smallest absolute Gasteiger partial charge is 0.163 e. The van der Waals surface area contributed by atoms with Crippen LogP contribution in [0.4, 0.5) is 0 Å². The second kappa shape index (κ2) is 4.01. The van der Waals surface area contributed by atoms with Gasteiger partial charge < -0.3 is 5.11 Å². The van der Waals surface area contributed by atoms with E-state index in [9.17, 15) is 9.90 Å². The Hall–Kier alpha value is -1.02. The van der Waals surface area contributed by atoms with Crippen molar-refractivity contribution in [3.8, 4) is 5.75 Å². The lowest BCUT2D eigenvalue weighted by molar-refractivity contribution is 0.101. The Kier molecular flexibility index (Phi) is 3.17. The molecule has 0 heterocycles. The quantitative estimate of drug-likeness (QED) is 0.764. The van der Waals surface area contributed by atoms with Crippen molar-refractivity contribution in [1.82, 2.24) is 0 Å². The van der Waals surface area contributed by atoms with Crippen LogP contribution >= 0.6 is 11.6 Å². The molecule has 0 saturated heterocycles. The molecule has 0 amide bonds. The molecule has 14 heavy (non-hydrogen) atoms. The molecule has 1 N–H and O–H groups in total. The van der Waals surface area contributed by atoms with Gasteiger partial charge in [-0.3, -0.25) is 4.79 Å². The van der Waals surface area contributed by atoms with Gasteiger partial charge in [0.1, 0.15) is 5.75 Å². The molecule has 0 spiro atoms. The second-order valence-electron chi connectivity index (χ2n) is 3.61. The minimum atomic E-state index is -0.174. The largest absolute Gasteiger partial charge is 0.506 e. The molecule has 0 unspecified atom stereocenters. The molecule has 2 nitrogen and oxygen atoms in total. The fourth-order valence-electron chi connectivity index (χ4n) is 1.22. The summed E-state index contributed by atoms with van der Waals surface area (Å²) in [6, 6.07) is 3.38. The highest BCUT2D eigenvalue weighted by Crippen LogP contribution is 2.31. The number of phenols is 1.